The highest BCUT2D eigenvalue weighted by Gasteiger charge is 2.29. The number of rotatable bonds is 9. The van der Waals surface area contributed by atoms with Crippen molar-refractivity contribution in [1.82, 2.24) is 24.9 Å². The van der Waals surface area contributed by atoms with Crippen molar-refractivity contribution in [2.75, 3.05) is 37.8 Å². The van der Waals surface area contributed by atoms with E-state index in [1.807, 2.05) is 71.1 Å². The first kappa shape index (κ1) is 25.8. The summed E-state index contributed by atoms with van der Waals surface area (Å²) in [7, 11) is 0. The number of nitrogens with one attached hydrogen (secondary N) is 1. The van der Waals surface area contributed by atoms with Gasteiger partial charge in [-0.05, 0) is 43.7 Å². The van der Waals surface area contributed by atoms with Gasteiger partial charge < -0.3 is 25.4 Å². The Kier molecular flexibility index (Phi) is 7.64. The summed E-state index contributed by atoms with van der Waals surface area (Å²) >= 11 is 0. The number of nitrogens with zero attached hydrogens (tertiary/aromatic N) is 5. The van der Waals surface area contributed by atoms with Crippen molar-refractivity contribution in [3.05, 3.63) is 78.1 Å². The minimum Gasteiger partial charge on any atom is -0.378 e. The van der Waals surface area contributed by atoms with Crippen molar-refractivity contribution in [3.8, 4) is 11.4 Å². The molecule has 1 saturated heterocycles. The van der Waals surface area contributed by atoms with Gasteiger partial charge in [0, 0.05) is 13.1 Å². The van der Waals surface area contributed by atoms with E-state index < -0.39 is 11.6 Å². The van der Waals surface area contributed by atoms with Crippen LogP contribution in [-0.4, -0.2) is 63.9 Å². The number of anilines is 1. The predicted molar refractivity (Wildman–Crippen MR) is 144 cm³/mol. The van der Waals surface area contributed by atoms with Crippen molar-refractivity contribution < 1.29 is 14.3 Å². The molecule has 198 valence electrons. The molecule has 3 N–H and O–H groups in total. The molecule has 38 heavy (non-hydrogen) atoms. The van der Waals surface area contributed by atoms with Gasteiger partial charge in [-0.1, -0.05) is 42.5 Å². The van der Waals surface area contributed by atoms with Gasteiger partial charge in [-0.2, -0.15) is 0 Å². The third-order valence-electron chi connectivity index (χ3n) is 6.38. The van der Waals surface area contributed by atoms with Gasteiger partial charge in [0.25, 0.3) is 0 Å². The average molecular weight is 516 g/mol. The summed E-state index contributed by atoms with van der Waals surface area (Å²) in [6, 6.07) is 21.0. The summed E-state index contributed by atoms with van der Waals surface area (Å²) in [5.41, 5.74) is 8.29. The molecule has 4 heterocycles. The predicted octanol–water partition coefficient (Wildman–Crippen LogP) is 2.74. The molecule has 10 nitrogen and oxygen atoms in total. The lowest BCUT2D eigenvalue weighted by Gasteiger charge is -2.28. The Morgan fingerprint density at radius 3 is 2.58 bits per heavy atom. The van der Waals surface area contributed by atoms with Gasteiger partial charge in [-0.15, -0.1) is 10.2 Å². The van der Waals surface area contributed by atoms with Crippen molar-refractivity contribution in [3.63, 3.8) is 0 Å². The summed E-state index contributed by atoms with van der Waals surface area (Å²) in [6.45, 7) is 6.86. The number of carbonyl (C=O) groups excluding carboxylic acids is 1. The van der Waals surface area contributed by atoms with E-state index in [-0.39, 0.29) is 12.5 Å². The van der Waals surface area contributed by atoms with Gasteiger partial charge in [-0.3, -0.25) is 9.20 Å². The van der Waals surface area contributed by atoms with Crippen molar-refractivity contribution >= 4 is 17.4 Å². The van der Waals surface area contributed by atoms with E-state index in [4.69, 9.17) is 20.2 Å². The maximum atomic E-state index is 12.9. The number of benzene rings is 1. The molecule has 0 unspecified atom stereocenters. The van der Waals surface area contributed by atoms with Crippen LogP contribution < -0.4 is 16.0 Å². The third kappa shape index (κ3) is 5.83. The van der Waals surface area contributed by atoms with Crippen molar-refractivity contribution in [2.45, 2.75) is 32.0 Å². The maximum Gasteiger partial charge on any atom is 0.240 e. The van der Waals surface area contributed by atoms with Crippen LogP contribution in [0.2, 0.25) is 0 Å². The van der Waals surface area contributed by atoms with Gasteiger partial charge in [0.2, 0.25) is 5.91 Å². The Hall–Kier alpha value is -3.86. The lowest BCUT2D eigenvalue weighted by atomic mass is 10.1. The van der Waals surface area contributed by atoms with Gasteiger partial charge in [-0.25, -0.2) is 4.98 Å². The van der Waals surface area contributed by atoms with E-state index in [1.165, 1.54) is 0 Å². The van der Waals surface area contributed by atoms with E-state index in [0.717, 1.165) is 35.9 Å². The second-order valence-corrected chi connectivity index (χ2v) is 9.89. The molecule has 0 radical (unpaired) electrons. The lowest BCUT2D eigenvalue weighted by Crippen LogP contribution is -2.51. The molecule has 4 aromatic rings. The number of morpholine rings is 1. The minimum atomic E-state index is -1.07. The fraction of sp³-hybridized carbons (Fsp3) is 0.357. The molecule has 0 saturated carbocycles. The van der Waals surface area contributed by atoms with E-state index in [9.17, 15) is 4.79 Å². The van der Waals surface area contributed by atoms with Crippen LogP contribution >= 0.6 is 0 Å². The summed E-state index contributed by atoms with van der Waals surface area (Å²) in [5.74, 6) is 1.12. The van der Waals surface area contributed by atoms with Crippen molar-refractivity contribution in [1.29, 1.82) is 0 Å². The topological polar surface area (TPSA) is 120 Å². The summed E-state index contributed by atoms with van der Waals surface area (Å²) in [4.78, 5) is 20.1. The van der Waals surface area contributed by atoms with E-state index in [2.05, 4.69) is 20.4 Å². The molecule has 1 aliphatic heterocycles. The highest BCUT2D eigenvalue weighted by Crippen LogP contribution is 2.25. The highest BCUT2D eigenvalue weighted by atomic mass is 16.5. The lowest BCUT2D eigenvalue weighted by molar-refractivity contribution is -0.126. The standard InChI is InChI=1S/C28H33N7O3/c1-28(2,29)27(36)31-22(19-38-18-20-8-4-3-5-9-20)26-33-32-25-13-7-11-23(35(25)26)21-10-6-12-24(30-21)34-14-16-37-17-15-34/h3-13,22H,14-19,29H2,1-2H3,(H,31,36)/t22-/m1/s1. The average Bonchev–Trinajstić information content (AvgIpc) is 3.37. The number of nitrogens with two attached hydrogens (primary N) is 1. The molecule has 0 aliphatic carbocycles. The highest BCUT2D eigenvalue weighted by molar-refractivity contribution is 5.85. The van der Waals surface area contributed by atoms with E-state index in [1.54, 1.807) is 13.8 Å². The van der Waals surface area contributed by atoms with Crippen LogP contribution in [0.15, 0.2) is 66.7 Å². The van der Waals surface area contributed by atoms with Crippen LogP contribution in [0, 0.1) is 0 Å². The van der Waals surface area contributed by atoms with Crippen molar-refractivity contribution in [2.24, 2.45) is 5.73 Å². The Morgan fingerprint density at radius 1 is 1.05 bits per heavy atom. The molecule has 1 aliphatic rings. The fourth-order valence-electron chi connectivity index (χ4n) is 4.32. The molecule has 10 heteroatoms. The first-order valence-electron chi connectivity index (χ1n) is 12.8. The quantitative estimate of drug-likeness (QED) is 0.349. The summed E-state index contributed by atoms with van der Waals surface area (Å²) in [6.07, 6.45) is 0. The van der Waals surface area contributed by atoms with E-state index in [0.29, 0.717) is 31.3 Å². The number of ether oxygens (including phenoxy) is 2. The maximum absolute atomic E-state index is 12.9. The fourth-order valence-corrected chi connectivity index (χ4v) is 4.32. The number of hydrogen-bond acceptors (Lipinski definition) is 8. The molecule has 1 amide bonds. The molecular weight excluding hydrogens is 482 g/mol. The van der Waals surface area contributed by atoms with Gasteiger partial charge in [0.05, 0.1) is 43.4 Å². The number of pyridine rings is 2. The molecular formula is C28H33N7O3. The van der Waals surface area contributed by atoms with Crippen LogP contribution in [0.5, 0.6) is 0 Å². The first-order chi connectivity index (χ1) is 18.4. The molecule has 0 bridgehead atoms. The molecule has 1 aromatic carbocycles. The summed E-state index contributed by atoms with van der Waals surface area (Å²) in [5, 5.41) is 11.9. The molecule has 5 rings (SSSR count). The Labute approximate surface area is 221 Å². The van der Waals surface area contributed by atoms with Crippen LogP contribution in [0.1, 0.15) is 31.3 Å². The number of fused-ring (bicyclic) bond motifs is 1. The number of carbonyl (C=O) groups is 1. The van der Waals surface area contributed by atoms with Gasteiger partial charge in [0.1, 0.15) is 11.9 Å². The largest absolute Gasteiger partial charge is 0.378 e. The molecule has 1 atom stereocenters. The zero-order chi connectivity index (χ0) is 26.5. The molecule has 1 fully saturated rings. The number of amides is 1. The SMILES string of the molecule is CC(C)(N)C(=O)N[C@H](COCc1ccccc1)c1nnc2cccc(-c3cccc(N4CCOCC4)n3)n12. The summed E-state index contributed by atoms with van der Waals surface area (Å²) < 4.78 is 13.5. The Bertz CT molecular complexity index is 1380. The van der Waals surface area contributed by atoms with Crippen LogP contribution in [-0.2, 0) is 20.9 Å². The molecule has 0 spiro atoms. The van der Waals surface area contributed by atoms with Crippen LogP contribution in [0.3, 0.4) is 0 Å². The van der Waals surface area contributed by atoms with Gasteiger partial charge >= 0.3 is 0 Å². The minimum absolute atomic E-state index is 0.188. The zero-order valence-corrected chi connectivity index (χ0v) is 21.7. The Morgan fingerprint density at radius 2 is 1.82 bits per heavy atom. The number of hydrogen-bond donors (Lipinski definition) is 2. The van der Waals surface area contributed by atoms with Crippen LogP contribution in [0.4, 0.5) is 5.82 Å². The van der Waals surface area contributed by atoms with Gasteiger partial charge in [0.15, 0.2) is 11.5 Å². The van der Waals surface area contributed by atoms with E-state index >= 15 is 0 Å². The monoisotopic (exact) mass is 515 g/mol. The molecule has 3 aromatic heterocycles. The zero-order valence-electron chi connectivity index (χ0n) is 21.7. The third-order valence-corrected chi connectivity index (χ3v) is 6.38. The second-order valence-electron chi connectivity index (χ2n) is 9.89. The number of aromatic nitrogens is 4. The normalized spacial score (nSPS) is 15.0. The smallest absolute Gasteiger partial charge is 0.240 e. The Balaban J connectivity index is 1.49. The second kappa shape index (κ2) is 11.3. The van der Waals surface area contributed by atoms with Crippen LogP contribution in [0.25, 0.3) is 17.0 Å². The first-order valence-corrected chi connectivity index (χ1v) is 12.8.